The van der Waals surface area contributed by atoms with Crippen LogP contribution in [0.5, 0.6) is 0 Å². The second kappa shape index (κ2) is 3.12. The zero-order valence-corrected chi connectivity index (χ0v) is 8.81. The second-order valence-electron chi connectivity index (χ2n) is 4.40. The van der Waals surface area contributed by atoms with Crippen LogP contribution in [0.15, 0.2) is 36.5 Å². The molecule has 16 heavy (non-hydrogen) atoms. The van der Waals surface area contributed by atoms with E-state index in [1.807, 2.05) is 30.3 Å². The summed E-state index contributed by atoms with van der Waals surface area (Å²) in [6, 6.07) is 9.63. The molecule has 0 unspecified atom stereocenters. The maximum absolute atomic E-state index is 12.0. The maximum atomic E-state index is 12.0. The lowest BCUT2D eigenvalue weighted by atomic mass is 10.0. The first-order valence-electron chi connectivity index (χ1n) is 5.38. The molecule has 2 aromatic rings. The molecule has 2 N–H and O–H groups in total. The summed E-state index contributed by atoms with van der Waals surface area (Å²) in [5, 5.41) is 0.984. The van der Waals surface area contributed by atoms with Gasteiger partial charge in [-0.05, 0) is 25.0 Å². The zero-order valence-electron chi connectivity index (χ0n) is 8.81. The Bertz CT molecular complexity index is 573. The third-order valence-corrected chi connectivity index (χ3v) is 3.09. The quantitative estimate of drug-likeness (QED) is 0.773. The standard InChI is InChI=1S/C13H12N2O/c14-13(5-6-13)12(16)10-7-9-3-1-2-4-11(9)15-8-10/h1-4,7-8H,5-6,14H2. The van der Waals surface area contributed by atoms with Crippen molar-refractivity contribution < 1.29 is 4.79 Å². The number of fused-ring (bicyclic) bond motifs is 1. The molecule has 0 spiro atoms. The number of nitrogens with zero attached hydrogens (tertiary/aromatic N) is 1. The summed E-state index contributed by atoms with van der Waals surface area (Å²) in [7, 11) is 0. The highest BCUT2D eigenvalue weighted by molar-refractivity contribution is 6.06. The molecule has 1 aliphatic rings. The van der Waals surface area contributed by atoms with Gasteiger partial charge in [-0.1, -0.05) is 18.2 Å². The van der Waals surface area contributed by atoms with E-state index in [4.69, 9.17) is 5.73 Å². The Kier molecular flexibility index (Phi) is 1.85. The Morgan fingerprint density at radius 2 is 2.06 bits per heavy atom. The van der Waals surface area contributed by atoms with Crippen molar-refractivity contribution in [1.82, 2.24) is 4.98 Å². The van der Waals surface area contributed by atoms with Gasteiger partial charge in [0.15, 0.2) is 5.78 Å². The fourth-order valence-electron chi connectivity index (χ4n) is 1.84. The van der Waals surface area contributed by atoms with Crippen molar-refractivity contribution >= 4 is 16.7 Å². The third kappa shape index (κ3) is 1.41. The van der Waals surface area contributed by atoms with Crippen LogP contribution in [-0.2, 0) is 0 Å². The van der Waals surface area contributed by atoms with E-state index in [0.29, 0.717) is 5.56 Å². The number of para-hydroxylation sites is 1. The van der Waals surface area contributed by atoms with Crippen LogP contribution in [-0.4, -0.2) is 16.3 Å². The van der Waals surface area contributed by atoms with Crippen LogP contribution in [0.2, 0.25) is 0 Å². The molecule has 0 aliphatic heterocycles. The SMILES string of the molecule is NC1(C(=O)c2cnc3ccccc3c2)CC1. The molecule has 3 heteroatoms. The van der Waals surface area contributed by atoms with Crippen molar-refractivity contribution in [1.29, 1.82) is 0 Å². The molecule has 0 atom stereocenters. The van der Waals surface area contributed by atoms with Crippen LogP contribution in [0.3, 0.4) is 0 Å². The van der Waals surface area contributed by atoms with Crippen molar-refractivity contribution in [2.45, 2.75) is 18.4 Å². The van der Waals surface area contributed by atoms with E-state index in [0.717, 1.165) is 23.7 Å². The van der Waals surface area contributed by atoms with Crippen molar-refractivity contribution in [2.75, 3.05) is 0 Å². The highest BCUT2D eigenvalue weighted by Gasteiger charge is 2.46. The predicted octanol–water partition coefficient (Wildman–Crippen LogP) is 1.91. The van der Waals surface area contributed by atoms with E-state index in [1.54, 1.807) is 6.20 Å². The number of rotatable bonds is 2. The average Bonchev–Trinajstić information content (AvgIpc) is 3.07. The van der Waals surface area contributed by atoms with Gasteiger partial charge in [0.05, 0.1) is 11.1 Å². The summed E-state index contributed by atoms with van der Waals surface area (Å²) in [6.45, 7) is 0. The summed E-state index contributed by atoms with van der Waals surface area (Å²) in [5.74, 6) is 0.0192. The Hall–Kier alpha value is -1.74. The largest absolute Gasteiger partial charge is 0.319 e. The first-order valence-corrected chi connectivity index (χ1v) is 5.38. The van der Waals surface area contributed by atoms with Crippen molar-refractivity contribution in [3.05, 3.63) is 42.1 Å². The molecule has 3 nitrogen and oxygen atoms in total. The van der Waals surface area contributed by atoms with Gasteiger partial charge in [-0.2, -0.15) is 0 Å². The monoisotopic (exact) mass is 212 g/mol. The van der Waals surface area contributed by atoms with Gasteiger partial charge >= 0.3 is 0 Å². The Morgan fingerprint density at radius 3 is 2.81 bits per heavy atom. The minimum absolute atomic E-state index is 0.0192. The number of hydrogen-bond acceptors (Lipinski definition) is 3. The van der Waals surface area contributed by atoms with Gasteiger partial charge in [0, 0.05) is 17.1 Å². The van der Waals surface area contributed by atoms with Crippen LogP contribution in [0.4, 0.5) is 0 Å². The van der Waals surface area contributed by atoms with E-state index in [2.05, 4.69) is 4.98 Å². The van der Waals surface area contributed by atoms with Crippen LogP contribution < -0.4 is 5.73 Å². The van der Waals surface area contributed by atoms with E-state index in [-0.39, 0.29) is 5.78 Å². The lowest BCUT2D eigenvalue weighted by molar-refractivity contribution is 0.0949. The van der Waals surface area contributed by atoms with Crippen LogP contribution >= 0.6 is 0 Å². The summed E-state index contributed by atoms with van der Waals surface area (Å²) in [6.07, 6.45) is 3.20. The Balaban J connectivity index is 2.08. The summed E-state index contributed by atoms with van der Waals surface area (Å²) >= 11 is 0. The lowest BCUT2D eigenvalue weighted by Crippen LogP contribution is -2.32. The lowest BCUT2D eigenvalue weighted by Gasteiger charge is -2.07. The molecule has 1 heterocycles. The molecule has 1 aliphatic carbocycles. The summed E-state index contributed by atoms with van der Waals surface area (Å²) in [5.41, 5.74) is 6.81. The molecule has 0 radical (unpaired) electrons. The first kappa shape index (κ1) is 9.48. The van der Waals surface area contributed by atoms with Crippen molar-refractivity contribution in [3.8, 4) is 0 Å². The van der Waals surface area contributed by atoms with Crippen molar-refractivity contribution in [2.24, 2.45) is 5.73 Å². The minimum Gasteiger partial charge on any atom is -0.319 e. The number of nitrogens with two attached hydrogens (primary N) is 1. The third-order valence-electron chi connectivity index (χ3n) is 3.09. The fraction of sp³-hybridized carbons (Fsp3) is 0.231. The first-order chi connectivity index (χ1) is 7.69. The van der Waals surface area contributed by atoms with E-state index < -0.39 is 5.54 Å². The number of aromatic nitrogens is 1. The number of pyridine rings is 1. The van der Waals surface area contributed by atoms with Gasteiger partial charge in [-0.25, -0.2) is 0 Å². The van der Waals surface area contributed by atoms with Crippen LogP contribution in [0.1, 0.15) is 23.2 Å². The number of ketones is 1. The topological polar surface area (TPSA) is 56.0 Å². The number of hydrogen-bond donors (Lipinski definition) is 1. The van der Waals surface area contributed by atoms with Crippen LogP contribution in [0.25, 0.3) is 10.9 Å². The second-order valence-corrected chi connectivity index (χ2v) is 4.40. The Morgan fingerprint density at radius 1 is 1.31 bits per heavy atom. The number of carbonyl (C=O) groups is 1. The van der Waals surface area contributed by atoms with Gasteiger partial charge in [0.25, 0.3) is 0 Å². The molecule has 80 valence electrons. The van der Waals surface area contributed by atoms with E-state index >= 15 is 0 Å². The highest BCUT2D eigenvalue weighted by atomic mass is 16.1. The minimum atomic E-state index is -0.607. The molecule has 1 aromatic heterocycles. The van der Waals surface area contributed by atoms with Gasteiger partial charge in [-0.3, -0.25) is 9.78 Å². The molecule has 0 bridgehead atoms. The number of benzene rings is 1. The molecule has 1 fully saturated rings. The predicted molar refractivity (Wildman–Crippen MR) is 62.2 cm³/mol. The van der Waals surface area contributed by atoms with Gasteiger partial charge < -0.3 is 5.73 Å². The van der Waals surface area contributed by atoms with E-state index in [1.165, 1.54) is 0 Å². The Labute approximate surface area is 93.3 Å². The zero-order chi connectivity index (χ0) is 11.2. The highest BCUT2D eigenvalue weighted by Crippen LogP contribution is 2.35. The van der Waals surface area contributed by atoms with E-state index in [9.17, 15) is 4.79 Å². The van der Waals surface area contributed by atoms with Crippen molar-refractivity contribution in [3.63, 3.8) is 0 Å². The number of Topliss-reactive ketones (excluding diaryl/α,β-unsaturated/α-hetero) is 1. The smallest absolute Gasteiger partial charge is 0.184 e. The molecular formula is C13H12N2O. The molecule has 0 amide bonds. The molecular weight excluding hydrogens is 200 g/mol. The van der Waals surface area contributed by atoms with Gasteiger partial charge in [-0.15, -0.1) is 0 Å². The maximum Gasteiger partial charge on any atom is 0.184 e. The molecule has 1 aromatic carbocycles. The van der Waals surface area contributed by atoms with Gasteiger partial charge in [0.1, 0.15) is 0 Å². The normalized spacial score (nSPS) is 17.3. The molecule has 1 saturated carbocycles. The average molecular weight is 212 g/mol. The molecule has 0 saturated heterocycles. The molecule has 3 rings (SSSR count). The van der Waals surface area contributed by atoms with Gasteiger partial charge in [0.2, 0.25) is 0 Å². The number of carbonyl (C=O) groups excluding carboxylic acids is 1. The summed E-state index contributed by atoms with van der Waals surface area (Å²) in [4.78, 5) is 16.3. The van der Waals surface area contributed by atoms with Crippen LogP contribution in [0, 0.1) is 0 Å². The fourth-order valence-corrected chi connectivity index (χ4v) is 1.84. The summed E-state index contributed by atoms with van der Waals surface area (Å²) < 4.78 is 0.